The molecule has 3 heteroatoms. The second-order valence-corrected chi connectivity index (χ2v) is 3.56. The lowest BCUT2D eigenvalue weighted by Gasteiger charge is -2.12. The van der Waals surface area contributed by atoms with Gasteiger partial charge in [-0.05, 0) is 38.1 Å². The van der Waals surface area contributed by atoms with Gasteiger partial charge < -0.3 is 4.74 Å². The molecule has 0 aromatic heterocycles. The number of thiocarbonyl (C=S) groups is 1. The molecule has 0 saturated carbocycles. The number of hydrogen-bond acceptors (Lipinski definition) is 3. The van der Waals surface area contributed by atoms with Gasteiger partial charge >= 0.3 is 0 Å². The van der Waals surface area contributed by atoms with Gasteiger partial charge in [-0.15, -0.1) is 0 Å². The van der Waals surface area contributed by atoms with Crippen LogP contribution in [0, 0.1) is 0 Å². The van der Waals surface area contributed by atoms with Crippen LogP contribution in [0.15, 0.2) is 11.6 Å². The van der Waals surface area contributed by atoms with E-state index >= 15 is 0 Å². The molecule has 13 heavy (non-hydrogen) atoms. The fourth-order valence-electron chi connectivity index (χ4n) is 1.40. The van der Waals surface area contributed by atoms with Crippen LogP contribution in [0.5, 0.6) is 0 Å². The summed E-state index contributed by atoms with van der Waals surface area (Å²) >= 11 is 5.00. The molecule has 1 aliphatic rings. The van der Waals surface area contributed by atoms with E-state index in [0.29, 0.717) is 24.5 Å². The van der Waals surface area contributed by atoms with E-state index in [1.165, 1.54) is 0 Å². The molecule has 0 fully saturated rings. The van der Waals surface area contributed by atoms with Gasteiger partial charge in [-0.3, -0.25) is 4.79 Å². The van der Waals surface area contributed by atoms with Crippen molar-refractivity contribution in [1.29, 1.82) is 0 Å². The van der Waals surface area contributed by atoms with Crippen molar-refractivity contribution in [2.75, 3.05) is 6.61 Å². The van der Waals surface area contributed by atoms with E-state index in [-0.39, 0.29) is 5.78 Å². The lowest BCUT2D eigenvalue weighted by Crippen LogP contribution is -2.08. The Bertz CT molecular complexity index is 243. The zero-order valence-corrected chi connectivity index (χ0v) is 8.65. The molecule has 0 radical (unpaired) electrons. The molecule has 0 N–H and O–H groups in total. The average Bonchev–Trinajstić information content (AvgIpc) is 2.04. The molecule has 0 saturated heterocycles. The van der Waals surface area contributed by atoms with E-state index in [2.05, 4.69) is 0 Å². The van der Waals surface area contributed by atoms with Crippen LogP contribution in [0.2, 0.25) is 0 Å². The zero-order valence-electron chi connectivity index (χ0n) is 7.84. The first-order valence-electron chi connectivity index (χ1n) is 4.60. The second-order valence-electron chi connectivity index (χ2n) is 3.10. The highest BCUT2D eigenvalue weighted by Gasteiger charge is 2.11. The van der Waals surface area contributed by atoms with Gasteiger partial charge in [-0.1, -0.05) is 5.57 Å². The normalized spacial score (nSPS) is 16.7. The fraction of sp³-hybridized carbons (Fsp3) is 0.600. The largest absolute Gasteiger partial charge is 0.487 e. The van der Waals surface area contributed by atoms with Crippen LogP contribution in [0.1, 0.15) is 32.6 Å². The quantitative estimate of drug-likeness (QED) is 0.651. The van der Waals surface area contributed by atoms with Gasteiger partial charge in [0.25, 0.3) is 0 Å². The maximum atomic E-state index is 11.1. The minimum Gasteiger partial charge on any atom is -0.487 e. The van der Waals surface area contributed by atoms with Crippen LogP contribution in [-0.4, -0.2) is 17.4 Å². The first kappa shape index (κ1) is 10.4. The van der Waals surface area contributed by atoms with Crippen LogP contribution < -0.4 is 0 Å². The summed E-state index contributed by atoms with van der Waals surface area (Å²) in [6.45, 7) is 2.52. The molecular weight excluding hydrogens is 184 g/mol. The van der Waals surface area contributed by atoms with Crippen molar-refractivity contribution in [2.24, 2.45) is 0 Å². The summed E-state index contributed by atoms with van der Waals surface area (Å²) in [5.74, 6) is 0.223. The minimum absolute atomic E-state index is 0.223. The number of allylic oxidation sites excluding steroid dienone is 1. The molecule has 0 bridgehead atoms. The molecule has 2 nitrogen and oxygen atoms in total. The van der Waals surface area contributed by atoms with Crippen molar-refractivity contribution in [2.45, 2.75) is 32.6 Å². The van der Waals surface area contributed by atoms with Gasteiger partial charge in [-0.2, -0.15) is 0 Å². The third-order valence-electron chi connectivity index (χ3n) is 1.96. The summed E-state index contributed by atoms with van der Waals surface area (Å²) in [4.78, 5) is 11.1. The van der Waals surface area contributed by atoms with Crippen LogP contribution in [0.25, 0.3) is 0 Å². The van der Waals surface area contributed by atoms with Crippen LogP contribution in [0.3, 0.4) is 0 Å². The minimum atomic E-state index is 0.223. The first-order valence-corrected chi connectivity index (χ1v) is 5.01. The molecule has 0 atom stereocenters. The van der Waals surface area contributed by atoms with Gasteiger partial charge in [0.15, 0.2) is 10.8 Å². The number of hydrogen-bond donors (Lipinski definition) is 0. The molecule has 1 rings (SSSR count). The van der Waals surface area contributed by atoms with Crippen molar-refractivity contribution in [3.8, 4) is 0 Å². The maximum Gasteiger partial charge on any atom is 0.163 e. The summed E-state index contributed by atoms with van der Waals surface area (Å²) in [5.41, 5.74) is 1.12. The zero-order chi connectivity index (χ0) is 9.68. The topological polar surface area (TPSA) is 26.3 Å². The standard InChI is InChI=1S/C10H14O2S/c1-2-12-10(13)7-8-4-3-5-9(11)6-8/h6H,2-5,7H2,1H3. The van der Waals surface area contributed by atoms with E-state index in [9.17, 15) is 4.79 Å². The highest BCUT2D eigenvalue weighted by molar-refractivity contribution is 7.80. The number of rotatable bonds is 3. The molecule has 1 aliphatic carbocycles. The summed E-state index contributed by atoms with van der Waals surface area (Å²) in [5, 5.41) is 0.600. The van der Waals surface area contributed by atoms with Crippen LogP contribution >= 0.6 is 12.2 Å². The Kier molecular flexibility index (Phi) is 4.09. The SMILES string of the molecule is CCOC(=S)CC1=CC(=O)CCC1. The smallest absolute Gasteiger partial charge is 0.163 e. The predicted molar refractivity (Wildman–Crippen MR) is 55.8 cm³/mol. The first-order chi connectivity index (χ1) is 6.22. The monoisotopic (exact) mass is 198 g/mol. The van der Waals surface area contributed by atoms with Gasteiger partial charge in [-0.25, -0.2) is 0 Å². The average molecular weight is 198 g/mol. The Labute approximate surface area is 84.0 Å². The summed E-state index contributed by atoms with van der Waals surface area (Å²) in [6.07, 6.45) is 4.99. The Morgan fingerprint density at radius 1 is 1.62 bits per heavy atom. The number of carbonyl (C=O) groups is 1. The van der Waals surface area contributed by atoms with E-state index in [4.69, 9.17) is 17.0 Å². The third-order valence-corrected chi connectivity index (χ3v) is 2.23. The van der Waals surface area contributed by atoms with E-state index in [1.54, 1.807) is 6.08 Å². The second kappa shape index (κ2) is 5.12. The highest BCUT2D eigenvalue weighted by atomic mass is 32.1. The summed E-state index contributed by atoms with van der Waals surface area (Å²) in [6, 6.07) is 0. The molecule has 72 valence electrons. The van der Waals surface area contributed by atoms with Gasteiger partial charge in [0.05, 0.1) is 6.61 Å². The van der Waals surface area contributed by atoms with Crippen molar-refractivity contribution in [1.82, 2.24) is 0 Å². The van der Waals surface area contributed by atoms with Gasteiger partial charge in [0.2, 0.25) is 0 Å². The molecule has 0 unspecified atom stereocenters. The molecular formula is C10H14O2S. The summed E-state index contributed by atoms with van der Waals surface area (Å²) < 4.78 is 5.16. The van der Waals surface area contributed by atoms with E-state index < -0.39 is 0 Å². The lowest BCUT2D eigenvalue weighted by atomic mass is 9.97. The fourth-order valence-corrected chi connectivity index (χ4v) is 1.70. The Morgan fingerprint density at radius 2 is 2.38 bits per heavy atom. The van der Waals surface area contributed by atoms with E-state index in [0.717, 1.165) is 18.4 Å². The molecule has 0 aliphatic heterocycles. The van der Waals surface area contributed by atoms with Crippen LogP contribution in [-0.2, 0) is 9.53 Å². The molecule has 0 aromatic carbocycles. The van der Waals surface area contributed by atoms with Gasteiger partial charge in [0, 0.05) is 12.8 Å². The Hall–Kier alpha value is -0.700. The van der Waals surface area contributed by atoms with Crippen molar-refractivity contribution >= 4 is 23.1 Å². The molecule has 0 heterocycles. The predicted octanol–water partition coefficient (Wildman–Crippen LogP) is 2.42. The third kappa shape index (κ3) is 3.68. The summed E-state index contributed by atoms with van der Waals surface area (Å²) in [7, 11) is 0. The number of ketones is 1. The van der Waals surface area contributed by atoms with Crippen molar-refractivity contribution < 1.29 is 9.53 Å². The lowest BCUT2D eigenvalue weighted by molar-refractivity contribution is -0.115. The van der Waals surface area contributed by atoms with E-state index in [1.807, 2.05) is 6.92 Å². The van der Waals surface area contributed by atoms with Crippen molar-refractivity contribution in [3.05, 3.63) is 11.6 Å². The van der Waals surface area contributed by atoms with Crippen molar-refractivity contribution in [3.63, 3.8) is 0 Å². The number of carbonyl (C=O) groups excluding carboxylic acids is 1. The Morgan fingerprint density at radius 3 is 3.00 bits per heavy atom. The maximum absolute atomic E-state index is 11.1. The molecule has 0 amide bonds. The van der Waals surface area contributed by atoms with Gasteiger partial charge in [0.1, 0.15) is 0 Å². The Balaban J connectivity index is 2.44. The molecule has 0 aromatic rings. The highest BCUT2D eigenvalue weighted by Crippen LogP contribution is 2.18. The van der Waals surface area contributed by atoms with Crippen LogP contribution in [0.4, 0.5) is 0 Å². The number of ether oxygens (including phenoxy) is 1. The molecule has 0 spiro atoms.